The zero-order valence-electron chi connectivity index (χ0n) is 16.3. The minimum atomic E-state index is -0.570. The molecule has 7 nitrogen and oxygen atoms in total. The van der Waals surface area contributed by atoms with Gasteiger partial charge in [0.15, 0.2) is 5.82 Å². The molecule has 3 aromatic rings. The first-order valence-corrected chi connectivity index (χ1v) is 9.97. The van der Waals surface area contributed by atoms with Crippen molar-refractivity contribution in [2.75, 3.05) is 0 Å². The predicted molar refractivity (Wildman–Crippen MR) is 111 cm³/mol. The third-order valence-corrected chi connectivity index (χ3v) is 5.49. The number of fused-ring (bicyclic) bond motifs is 1. The fourth-order valence-corrected chi connectivity index (χ4v) is 3.95. The highest BCUT2D eigenvalue weighted by Crippen LogP contribution is 2.25. The molecule has 0 bridgehead atoms. The molecule has 1 saturated heterocycles. The van der Waals surface area contributed by atoms with Crippen LogP contribution >= 0.6 is 0 Å². The molecule has 1 fully saturated rings. The van der Waals surface area contributed by atoms with Crippen molar-refractivity contribution in [1.82, 2.24) is 25.5 Å². The minimum Gasteiger partial charge on any atom is -0.337 e. The average Bonchev–Trinajstić information content (AvgIpc) is 3.23. The Morgan fingerprint density at radius 2 is 1.73 bits per heavy atom. The Labute approximate surface area is 174 Å². The van der Waals surface area contributed by atoms with E-state index in [1.54, 1.807) is 11.1 Å². The molecule has 30 heavy (non-hydrogen) atoms. The number of carbonyl (C=O) groups is 2. The Balaban J connectivity index is 1.32. The molecule has 2 aliphatic heterocycles. The summed E-state index contributed by atoms with van der Waals surface area (Å²) in [6, 6.07) is 18.8. The first kappa shape index (κ1) is 18.4. The third-order valence-electron chi connectivity index (χ3n) is 5.49. The van der Waals surface area contributed by atoms with Crippen LogP contribution in [0, 0.1) is 0 Å². The smallest absolute Gasteiger partial charge is 0.240 e. The van der Waals surface area contributed by atoms with Crippen molar-refractivity contribution in [2.24, 2.45) is 0 Å². The van der Waals surface area contributed by atoms with Gasteiger partial charge in [-0.2, -0.15) is 0 Å². The van der Waals surface area contributed by atoms with E-state index in [2.05, 4.69) is 20.6 Å². The summed E-state index contributed by atoms with van der Waals surface area (Å²) in [6.07, 6.45) is 1.54. The van der Waals surface area contributed by atoms with Crippen molar-refractivity contribution < 1.29 is 9.59 Å². The molecule has 2 N–H and O–H groups in total. The second-order valence-corrected chi connectivity index (χ2v) is 7.56. The summed E-state index contributed by atoms with van der Waals surface area (Å²) in [6.45, 7) is 0.880. The van der Waals surface area contributed by atoms with E-state index in [1.807, 2.05) is 60.7 Å². The number of aromatic nitrogens is 2. The number of benzene rings is 2. The van der Waals surface area contributed by atoms with Crippen LogP contribution in [0.2, 0.25) is 0 Å². The lowest BCUT2D eigenvalue weighted by Gasteiger charge is -2.33. The number of hydrogen-bond acceptors (Lipinski definition) is 5. The van der Waals surface area contributed by atoms with E-state index < -0.39 is 6.04 Å². The molecule has 3 heterocycles. The molecule has 2 aromatic carbocycles. The summed E-state index contributed by atoms with van der Waals surface area (Å²) < 4.78 is 0. The zero-order chi connectivity index (χ0) is 20.5. The molecule has 5 rings (SSSR count). The number of amides is 2. The van der Waals surface area contributed by atoms with Crippen LogP contribution in [0.5, 0.6) is 0 Å². The molecule has 1 aromatic heterocycles. The fourth-order valence-electron chi connectivity index (χ4n) is 3.95. The maximum absolute atomic E-state index is 13.2. The molecule has 7 heteroatoms. The topological polar surface area (TPSA) is 87.2 Å². The molecule has 0 saturated carbocycles. The standard InChI is InChI=1S/C23H21N5O2/c29-20-11-18(25-22(27-20)16-9-5-2-6-10-16)23(30)28-13-17-12-24-21(26-19(17)14-28)15-7-3-1-4-8-15/h1-10,12,18,22,25H,11,13-14H2,(H,27,29). The van der Waals surface area contributed by atoms with Gasteiger partial charge in [0.25, 0.3) is 0 Å². The lowest BCUT2D eigenvalue weighted by atomic mass is 10.0. The highest BCUT2D eigenvalue weighted by molar-refractivity contribution is 5.90. The van der Waals surface area contributed by atoms with Crippen molar-refractivity contribution in [3.8, 4) is 11.4 Å². The van der Waals surface area contributed by atoms with Gasteiger partial charge in [-0.1, -0.05) is 60.7 Å². The van der Waals surface area contributed by atoms with Crippen LogP contribution in [0.25, 0.3) is 11.4 Å². The summed E-state index contributed by atoms with van der Waals surface area (Å²) in [5, 5.41) is 6.19. The minimum absolute atomic E-state index is 0.0926. The van der Waals surface area contributed by atoms with Crippen LogP contribution < -0.4 is 10.6 Å². The predicted octanol–water partition coefficient (Wildman–Crippen LogP) is 2.16. The van der Waals surface area contributed by atoms with Crippen LogP contribution in [-0.2, 0) is 22.7 Å². The van der Waals surface area contributed by atoms with E-state index in [4.69, 9.17) is 0 Å². The van der Waals surface area contributed by atoms with Gasteiger partial charge in [-0.15, -0.1) is 0 Å². The molecule has 0 radical (unpaired) electrons. The Hall–Kier alpha value is -3.58. The normalized spacial score (nSPS) is 20.5. The summed E-state index contributed by atoms with van der Waals surface area (Å²) in [7, 11) is 0. The van der Waals surface area contributed by atoms with Gasteiger partial charge in [0.1, 0.15) is 6.17 Å². The molecule has 2 unspecified atom stereocenters. The molecular formula is C23H21N5O2. The van der Waals surface area contributed by atoms with Crippen LogP contribution in [-0.4, -0.2) is 32.7 Å². The lowest BCUT2D eigenvalue weighted by Crippen LogP contribution is -2.56. The Kier molecular flexibility index (Phi) is 4.72. The van der Waals surface area contributed by atoms with Gasteiger partial charge < -0.3 is 10.2 Å². The number of hydrogen-bond donors (Lipinski definition) is 2. The molecule has 2 amide bonds. The van der Waals surface area contributed by atoms with Gasteiger partial charge in [0.2, 0.25) is 11.8 Å². The van der Waals surface area contributed by atoms with Crippen LogP contribution in [0.15, 0.2) is 66.9 Å². The van der Waals surface area contributed by atoms with Gasteiger partial charge in [-0.05, 0) is 5.56 Å². The van der Waals surface area contributed by atoms with Crippen molar-refractivity contribution in [1.29, 1.82) is 0 Å². The highest BCUT2D eigenvalue weighted by Gasteiger charge is 2.36. The third kappa shape index (κ3) is 3.55. The van der Waals surface area contributed by atoms with Crippen molar-refractivity contribution >= 4 is 11.8 Å². The lowest BCUT2D eigenvalue weighted by molar-refractivity contribution is -0.139. The Morgan fingerprint density at radius 3 is 2.50 bits per heavy atom. The fraction of sp³-hybridized carbons (Fsp3) is 0.217. The molecular weight excluding hydrogens is 378 g/mol. The SMILES string of the molecule is O=C1CC(C(=O)N2Cc3cnc(-c4ccccc4)nc3C2)NC(c2ccccc2)N1. The van der Waals surface area contributed by atoms with Crippen molar-refractivity contribution in [2.45, 2.75) is 31.7 Å². The maximum atomic E-state index is 13.2. The van der Waals surface area contributed by atoms with Gasteiger partial charge in [-0.25, -0.2) is 9.97 Å². The van der Waals surface area contributed by atoms with E-state index in [0.29, 0.717) is 18.9 Å². The second kappa shape index (κ2) is 7.68. The highest BCUT2D eigenvalue weighted by atomic mass is 16.2. The molecule has 2 aliphatic rings. The number of rotatable bonds is 3. The average molecular weight is 399 g/mol. The van der Waals surface area contributed by atoms with Crippen LogP contribution in [0.1, 0.15) is 29.4 Å². The first-order valence-electron chi connectivity index (χ1n) is 9.97. The summed E-state index contributed by atoms with van der Waals surface area (Å²) in [5.41, 5.74) is 3.67. The summed E-state index contributed by atoms with van der Waals surface area (Å²) in [4.78, 5) is 36.3. The monoisotopic (exact) mass is 399 g/mol. The van der Waals surface area contributed by atoms with E-state index in [9.17, 15) is 9.59 Å². The van der Waals surface area contributed by atoms with E-state index >= 15 is 0 Å². The van der Waals surface area contributed by atoms with Crippen molar-refractivity contribution in [3.05, 3.63) is 83.7 Å². The van der Waals surface area contributed by atoms with Crippen LogP contribution in [0.4, 0.5) is 0 Å². The number of nitrogens with one attached hydrogen (secondary N) is 2. The molecule has 0 aliphatic carbocycles. The van der Waals surface area contributed by atoms with Crippen LogP contribution in [0.3, 0.4) is 0 Å². The second-order valence-electron chi connectivity index (χ2n) is 7.56. The summed E-state index contributed by atoms with van der Waals surface area (Å²) >= 11 is 0. The molecule has 2 atom stereocenters. The number of nitrogens with zero attached hydrogens (tertiary/aromatic N) is 3. The van der Waals surface area contributed by atoms with Crippen molar-refractivity contribution in [3.63, 3.8) is 0 Å². The summed E-state index contributed by atoms with van der Waals surface area (Å²) in [5.74, 6) is 0.428. The van der Waals surface area contributed by atoms with E-state index in [0.717, 1.165) is 22.4 Å². The van der Waals surface area contributed by atoms with Gasteiger partial charge >= 0.3 is 0 Å². The zero-order valence-corrected chi connectivity index (χ0v) is 16.3. The Bertz CT molecular complexity index is 1090. The largest absolute Gasteiger partial charge is 0.337 e. The number of carbonyl (C=O) groups excluding carboxylic acids is 2. The van der Waals surface area contributed by atoms with E-state index in [1.165, 1.54) is 0 Å². The van der Waals surface area contributed by atoms with Gasteiger partial charge in [0.05, 0.1) is 24.7 Å². The maximum Gasteiger partial charge on any atom is 0.240 e. The first-order chi connectivity index (χ1) is 14.7. The quantitative estimate of drug-likeness (QED) is 0.705. The molecule has 150 valence electrons. The van der Waals surface area contributed by atoms with Gasteiger partial charge in [0, 0.05) is 23.9 Å². The van der Waals surface area contributed by atoms with Gasteiger partial charge in [-0.3, -0.25) is 14.9 Å². The molecule has 0 spiro atoms. The Morgan fingerprint density at radius 1 is 1.00 bits per heavy atom. The van der Waals surface area contributed by atoms with E-state index in [-0.39, 0.29) is 24.4 Å².